The Kier molecular flexibility index (Phi) is 4.06. The molecular weight excluding hydrogens is 268 g/mol. The van der Waals surface area contributed by atoms with Crippen LogP contribution in [-0.2, 0) is 24.7 Å². The molecular formula is C17H24O4. The maximum absolute atomic E-state index is 6.45. The summed E-state index contributed by atoms with van der Waals surface area (Å²) in [5.41, 5.74) is 0.917. The molecule has 4 nitrogen and oxygen atoms in total. The molecule has 116 valence electrons. The Balaban J connectivity index is 2.03. The molecule has 21 heavy (non-hydrogen) atoms. The van der Waals surface area contributed by atoms with Crippen molar-refractivity contribution in [2.45, 2.75) is 56.4 Å². The van der Waals surface area contributed by atoms with Crippen molar-refractivity contribution in [1.29, 1.82) is 0 Å². The van der Waals surface area contributed by atoms with Gasteiger partial charge in [-0.1, -0.05) is 43.2 Å². The highest BCUT2D eigenvalue weighted by molar-refractivity contribution is 5.24. The molecule has 1 aromatic carbocycles. The van der Waals surface area contributed by atoms with Gasteiger partial charge in [0.2, 0.25) is 5.79 Å². The molecule has 2 aliphatic rings. The molecule has 1 aliphatic heterocycles. The van der Waals surface area contributed by atoms with E-state index in [-0.39, 0.29) is 12.2 Å². The predicted octanol–water partition coefficient (Wildman–Crippen LogP) is 3.21. The van der Waals surface area contributed by atoms with Gasteiger partial charge >= 0.3 is 0 Å². The van der Waals surface area contributed by atoms with Crippen LogP contribution in [0.15, 0.2) is 30.3 Å². The van der Waals surface area contributed by atoms with Crippen LogP contribution in [0.1, 0.15) is 38.2 Å². The number of hydrogen-bond acceptors (Lipinski definition) is 4. The Bertz CT molecular complexity index is 477. The number of benzene rings is 1. The average Bonchev–Trinajstić information content (AvgIpc) is 2.55. The van der Waals surface area contributed by atoms with Gasteiger partial charge in [0.05, 0.1) is 12.2 Å². The summed E-state index contributed by atoms with van der Waals surface area (Å²) in [7, 11) is 3.29. The van der Waals surface area contributed by atoms with Gasteiger partial charge in [0, 0.05) is 19.8 Å². The number of hydrogen-bond donors (Lipinski definition) is 0. The molecule has 1 aromatic rings. The Morgan fingerprint density at radius 1 is 0.952 bits per heavy atom. The summed E-state index contributed by atoms with van der Waals surface area (Å²) in [6.07, 6.45) is 4.50. The van der Waals surface area contributed by atoms with Gasteiger partial charge in [-0.25, -0.2) is 0 Å². The van der Waals surface area contributed by atoms with Crippen molar-refractivity contribution in [3.63, 3.8) is 0 Å². The van der Waals surface area contributed by atoms with Crippen molar-refractivity contribution in [1.82, 2.24) is 0 Å². The van der Waals surface area contributed by atoms with Crippen LogP contribution in [0.25, 0.3) is 0 Å². The molecule has 2 fully saturated rings. The molecule has 0 unspecified atom stereocenters. The number of methoxy groups -OCH3 is 2. The van der Waals surface area contributed by atoms with Crippen LogP contribution in [0.4, 0.5) is 0 Å². The molecule has 4 atom stereocenters. The van der Waals surface area contributed by atoms with Gasteiger partial charge in [0.15, 0.2) is 0 Å². The van der Waals surface area contributed by atoms with Gasteiger partial charge in [0.25, 0.3) is 5.79 Å². The Morgan fingerprint density at radius 2 is 1.57 bits per heavy atom. The highest BCUT2D eigenvalue weighted by Crippen LogP contribution is 2.48. The third kappa shape index (κ3) is 2.30. The van der Waals surface area contributed by atoms with Crippen molar-refractivity contribution < 1.29 is 18.9 Å². The molecule has 1 heterocycles. The topological polar surface area (TPSA) is 36.9 Å². The second-order valence-electron chi connectivity index (χ2n) is 5.93. The summed E-state index contributed by atoms with van der Waals surface area (Å²) in [6, 6.07) is 9.91. The first kappa shape index (κ1) is 15.0. The number of ether oxygens (including phenoxy) is 4. The van der Waals surface area contributed by atoms with E-state index in [0.717, 1.165) is 18.4 Å². The van der Waals surface area contributed by atoms with Crippen LogP contribution in [0.5, 0.6) is 0 Å². The lowest BCUT2D eigenvalue weighted by Crippen LogP contribution is -2.65. The molecule has 0 spiro atoms. The Labute approximate surface area is 126 Å². The summed E-state index contributed by atoms with van der Waals surface area (Å²) in [5.74, 6) is -2.01. The smallest absolute Gasteiger partial charge is 0.250 e. The molecule has 1 aliphatic carbocycles. The van der Waals surface area contributed by atoms with Crippen LogP contribution >= 0.6 is 0 Å². The van der Waals surface area contributed by atoms with Gasteiger partial charge in [0.1, 0.15) is 0 Å². The minimum Gasteiger partial charge on any atom is -0.349 e. The van der Waals surface area contributed by atoms with Gasteiger partial charge in [-0.05, 0) is 19.8 Å². The van der Waals surface area contributed by atoms with Gasteiger partial charge in [-0.2, -0.15) is 0 Å². The molecule has 0 amide bonds. The van der Waals surface area contributed by atoms with E-state index in [2.05, 4.69) is 0 Å². The van der Waals surface area contributed by atoms with Crippen LogP contribution < -0.4 is 0 Å². The van der Waals surface area contributed by atoms with E-state index >= 15 is 0 Å². The summed E-state index contributed by atoms with van der Waals surface area (Å²) in [6.45, 7) is 1.90. The number of fused-ring (bicyclic) bond motifs is 1. The third-order valence-corrected chi connectivity index (χ3v) is 4.76. The van der Waals surface area contributed by atoms with E-state index < -0.39 is 11.6 Å². The SMILES string of the molecule is CO[C@]1(C)O[C@H]2CCCC[C@@H]2O[C@]1(OC)c1ccccc1. The lowest BCUT2D eigenvalue weighted by Gasteiger charge is -2.54. The second-order valence-corrected chi connectivity index (χ2v) is 5.93. The monoisotopic (exact) mass is 292 g/mol. The molecule has 3 rings (SSSR count). The van der Waals surface area contributed by atoms with E-state index in [1.807, 2.05) is 37.3 Å². The Morgan fingerprint density at radius 3 is 2.14 bits per heavy atom. The summed E-state index contributed by atoms with van der Waals surface area (Å²) in [4.78, 5) is 0. The minimum atomic E-state index is -1.04. The van der Waals surface area contributed by atoms with Crippen LogP contribution in [0.3, 0.4) is 0 Å². The van der Waals surface area contributed by atoms with Gasteiger partial charge < -0.3 is 18.9 Å². The maximum Gasteiger partial charge on any atom is 0.250 e. The van der Waals surface area contributed by atoms with E-state index in [1.165, 1.54) is 12.8 Å². The van der Waals surface area contributed by atoms with E-state index in [1.54, 1.807) is 14.2 Å². The van der Waals surface area contributed by atoms with Crippen LogP contribution in [0.2, 0.25) is 0 Å². The normalized spacial score (nSPS) is 39.8. The molecule has 0 N–H and O–H groups in total. The quantitative estimate of drug-likeness (QED) is 0.857. The van der Waals surface area contributed by atoms with E-state index in [4.69, 9.17) is 18.9 Å². The standard InChI is InChI=1S/C17H24O4/c1-16(18-2)17(19-3,13-9-5-4-6-10-13)21-15-12-8-7-11-14(15)20-16/h4-6,9-10,14-15H,7-8,11-12H2,1-3H3/t14-,15-,16+,17+/m0/s1. The van der Waals surface area contributed by atoms with E-state index in [0.29, 0.717) is 0 Å². The van der Waals surface area contributed by atoms with Crippen molar-refractivity contribution in [2.24, 2.45) is 0 Å². The van der Waals surface area contributed by atoms with Crippen molar-refractivity contribution in [3.8, 4) is 0 Å². The fourth-order valence-electron chi connectivity index (χ4n) is 3.54. The molecule has 4 heteroatoms. The van der Waals surface area contributed by atoms with Gasteiger partial charge in [-0.15, -0.1) is 0 Å². The highest BCUT2D eigenvalue weighted by Gasteiger charge is 2.60. The zero-order valence-corrected chi connectivity index (χ0v) is 13.0. The largest absolute Gasteiger partial charge is 0.349 e. The zero-order valence-electron chi connectivity index (χ0n) is 13.0. The minimum absolute atomic E-state index is 0.0575. The first-order chi connectivity index (χ1) is 10.1. The van der Waals surface area contributed by atoms with Crippen LogP contribution in [-0.4, -0.2) is 32.2 Å². The summed E-state index contributed by atoms with van der Waals surface area (Å²) < 4.78 is 24.3. The molecule has 1 saturated carbocycles. The average molecular weight is 292 g/mol. The van der Waals surface area contributed by atoms with E-state index in [9.17, 15) is 0 Å². The summed E-state index contributed by atoms with van der Waals surface area (Å²) in [5, 5.41) is 0. The fraction of sp³-hybridized carbons (Fsp3) is 0.647. The molecule has 1 saturated heterocycles. The lowest BCUT2D eigenvalue weighted by atomic mass is 9.88. The Hall–Kier alpha value is -0.940. The first-order valence-electron chi connectivity index (χ1n) is 7.66. The second kappa shape index (κ2) is 5.69. The third-order valence-electron chi connectivity index (χ3n) is 4.76. The lowest BCUT2D eigenvalue weighted by molar-refractivity contribution is -0.465. The molecule has 0 aromatic heterocycles. The highest BCUT2D eigenvalue weighted by atomic mass is 16.8. The molecule has 0 radical (unpaired) electrons. The van der Waals surface area contributed by atoms with Crippen molar-refractivity contribution >= 4 is 0 Å². The maximum atomic E-state index is 6.45. The summed E-state index contributed by atoms with van der Waals surface area (Å²) >= 11 is 0. The molecule has 0 bridgehead atoms. The van der Waals surface area contributed by atoms with Gasteiger partial charge in [-0.3, -0.25) is 0 Å². The fourth-order valence-corrected chi connectivity index (χ4v) is 3.54. The predicted molar refractivity (Wildman–Crippen MR) is 78.8 cm³/mol. The number of rotatable bonds is 3. The van der Waals surface area contributed by atoms with Crippen LogP contribution in [0, 0.1) is 0 Å². The first-order valence-corrected chi connectivity index (χ1v) is 7.66. The zero-order chi connectivity index (χ0) is 14.9. The van der Waals surface area contributed by atoms with Crippen molar-refractivity contribution in [3.05, 3.63) is 35.9 Å². The van der Waals surface area contributed by atoms with Crippen molar-refractivity contribution in [2.75, 3.05) is 14.2 Å².